The molecule has 1 aliphatic heterocycles. The molecule has 1 heterocycles. The second kappa shape index (κ2) is 11.8. The van der Waals surface area contributed by atoms with E-state index in [0.717, 1.165) is 16.7 Å². The minimum Gasteiger partial charge on any atom is -0.482 e. The van der Waals surface area contributed by atoms with Gasteiger partial charge in [0.05, 0.1) is 12.0 Å². The summed E-state index contributed by atoms with van der Waals surface area (Å²) in [6, 6.07) is 26.1. The van der Waals surface area contributed by atoms with E-state index in [1.807, 2.05) is 71.6 Å². The average molecular weight is 491 g/mol. The van der Waals surface area contributed by atoms with Crippen LogP contribution >= 0.6 is 0 Å². The molecule has 188 valence electrons. The lowest BCUT2D eigenvalue weighted by Gasteiger charge is -2.34. The van der Waals surface area contributed by atoms with Gasteiger partial charge in [0.15, 0.2) is 6.61 Å². The number of hydrogen-bond acceptors (Lipinski definition) is 4. The zero-order valence-electron chi connectivity index (χ0n) is 20.3. The highest BCUT2D eigenvalue weighted by Gasteiger charge is 2.33. The maximum absolute atomic E-state index is 14.1. The summed E-state index contributed by atoms with van der Waals surface area (Å²) >= 11 is 0. The molecule has 3 aromatic carbocycles. The standard InChI is InChI=1S/C29H31FN2O4/c1-31(29(35)28(21-9-4-2-5-10-21)22-11-6-3-7-12-22)26(19-32-16-15-24(30)18-32)23-13-8-14-25(17-23)36-20-27(33)34/h2-14,17,24,26,28H,15-16,18-20H2,1H3,(H,33,34). The number of carbonyl (C=O) groups is 2. The van der Waals surface area contributed by atoms with Crippen LogP contribution in [0.25, 0.3) is 0 Å². The van der Waals surface area contributed by atoms with Crippen LogP contribution in [0.2, 0.25) is 0 Å². The molecule has 2 unspecified atom stereocenters. The molecule has 36 heavy (non-hydrogen) atoms. The van der Waals surface area contributed by atoms with Crippen molar-refractivity contribution in [3.63, 3.8) is 0 Å². The van der Waals surface area contributed by atoms with Gasteiger partial charge in [0, 0.05) is 26.7 Å². The van der Waals surface area contributed by atoms with Gasteiger partial charge in [0.1, 0.15) is 11.9 Å². The van der Waals surface area contributed by atoms with Crippen LogP contribution < -0.4 is 4.74 Å². The van der Waals surface area contributed by atoms with E-state index in [0.29, 0.717) is 31.8 Å². The Labute approximate surface area is 210 Å². The SMILES string of the molecule is CN(C(=O)C(c1ccccc1)c1ccccc1)C(CN1CCC(F)C1)c1cccc(OCC(=O)O)c1. The van der Waals surface area contributed by atoms with Gasteiger partial charge in [-0.2, -0.15) is 0 Å². The summed E-state index contributed by atoms with van der Waals surface area (Å²) in [6.07, 6.45) is -0.402. The summed E-state index contributed by atoms with van der Waals surface area (Å²) in [7, 11) is 1.78. The molecule has 7 heteroatoms. The highest BCUT2D eigenvalue weighted by atomic mass is 19.1. The number of carboxylic acid groups (broad SMARTS) is 1. The van der Waals surface area contributed by atoms with E-state index in [1.54, 1.807) is 30.1 Å². The van der Waals surface area contributed by atoms with Gasteiger partial charge >= 0.3 is 5.97 Å². The third-order valence-corrected chi connectivity index (χ3v) is 6.58. The van der Waals surface area contributed by atoms with Gasteiger partial charge in [-0.15, -0.1) is 0 Å². The van der Waals surface area contributed by atoms with Crippen LogP contribution in [0, 0.1) is 0 Å². The van der Waals surface area contributed by atoms with Crippen molar-refractivity contribution in [1.29, 1.82) is 0 Å². The number of amides is 1. The minimum absolute atomic E-state index is 0.0785. The maximum atomic E-state index is 14.1. The monoisotopic (exact) mass is 490 g/mol. The summed E-state index contributed by atoms with van der Waals surface area (Å²) in [5, 5.41) is 8.99. The molecular weight excluding hydrogens is 459 g/mol. The third-order valence-electron chi connectivity index (χ3n) is 6.58. The summed E-state index contributed by atoms with van der Waals surface area (Å²) in [5.41, 5.74) is 2.58. The first-order valence-electron chi connectivity index (χ1n) is 12.1. The van der Waals surface area contributed by atoms with Gasteiger partial charge in [-0.1, -0.05) is 72.8 Å². The summed E-state index contributed by atoms with van der Waals surface area (Å²) in [4.78, 5) is 28.9. The molecule has 0 aromatic heterocycles. The van der Waals surface area contributed by atoms with Crippen LogP contribution in [0.3, 0.4) is 0 Å². The van der Waals surface area contributed by atoms with Crippen LogP contribution in [0.5, 0.6) is 5.75 Å². The number of carbonyl (C=O) groups excluding carboxylic acids is 1. The molecule has 1 aliphatic rings. The van der Waals surface area contributed by atoms with Crippen molar-refractivity contribution in [2.75, 3.05) is 33.3 Å². The van der Waals surface area contributed by atoms with Crippen molar-refractivity contribution in [2.45, 2.75) is 24.6 Å². The smallest absolute Gasteiger partial charge is 0.341 e. The van der Waals surface area contributed by atoms with E-state index in [4.69, 9.17) is 9.84 Å². The van der Waals surface area contributed by atoms with Crippen LogP contribution in [0.15, 0.2) is 84.9 Å². The van der Waals surface area contributed by atoms with Crippen molar-refractivity contribution in [2.24, 2.45) is 0 Å². The molecule has 0 radical (unpaired) electrons. The fraction of sp³-hybridized carbons (Fsp3) is 0.310. The first-order chi connectivity index (χ1) is 17.4. The second-order valence-electron chi connectivity index (χ2n) is 9.12. The fourth-order valence-electron chi connectivity index (χ4n) is 4.73. The topological polar surface area (TPSA) is 70.1 Å². The predicted molar refractivity (Wildman–Crippen MR) is 136 cm³/mol. The Hall–Kier alpha value is -3.71. The van der Waals surface area contributed by atoms with Crippen molar-refractivity contribution in [1.82, 2.24) is 9.80 Å². The van der Waals surface area contributed by atoms with E-state index in [9.17, 15) is 14.0 Å². The van der Waals surface area contributed by atoms with E-state index in [1.165, 1.54) is 0 Å². The molecule has 4 rings (SSSR count). The number of nitrogens with zero attached hydrogens (tertiary/aromatic N) is 2. The molecular formula is C29H31FN2O4. The summed E-state index contributed by atoms with van der Waals surface area (Å²) in [6.45, 7) is 0.953. The zero-order chi connectivity index (χ0) is 25.5. The third kappa shape index (κ3) is 6.29. The molecule has 1 fully saturated rings. The number of likely N-dealkylation sites (tertiary alicyclic amines) is 1. The Bertz CT molecular complexity index is 1120. The van der Waals surface area contributed by atoms with Gasteiger partial charge in [-0.05, 0) is 35.2 Å². The molecule has 1 N–H and O–H groups in total. The van der Waals surface area contributed by atoms with Crippen molar-refractivity contribution in [3.8, 4) is 5.75 Å². The van der Waals surface area contributed by atoms with E-state index in [-0.39, 0.29) is 11.9 Å². The minimum atomic E-state index is -1.07. The van der Waals surface area contributed by atoms with Gasteiger partial charge < -0.3 is 14.7 Å². The molecule has 1 saturated heterocycles. The van der Waals surface area contributed by atoms with Crippen LogP contribution in [-0.4, -0.2) is 66.2 Å². The first kappa shape index (κ1) is 25.4. The molecule has 1 amide bonds. The molecule has 0 saturated carbocycles. The van der Waals surface area contributed by atoms with Gasteiger partial charge in [-0.3, -0.25) is 9.69 Å². The Kier molecular flexibility index (Phi) is 8.33. The Morgan fingerprint density at radius 1 is 1.00 bits per heavy atom. The molecule has 0 spiro atoms. The van der Waals surface area contributed by atoms with Crippen molar-refractivity contribution < 1.29 is 23.8 Å². The number of aliphatic carboxylic acids is 1. The number of alkyl halides is 1. The highest BCUT2D eigenvalue weighted by molar-refractivity contribution is 5.87. The van der Waals surface area contributed by atoms with E-state index >= 15 is 0 Å². The quantitative estimate of drug-likeness (QED) is 0.452. The number of ether oxygens (including phenoxy) is 1. The Morgan fingerprint density at radius 2 is 1.61 bits per heavy atom. The number of halogens is 1. The Morgan fingerprint density at radius 3 is 2.17 bits per heavy atom. The summed E-state index contributed by atoms with van der Waals surface area (Å²) < 4.78 is 19.4. The van der Waals surface area contributed by atoms with Gasteiger partial charge in [0.2, 0.25) is 5.91 Å². The van der Waals surface area contributed by atoms with Gasteiger partial charge in [-0.25, -0.2) is 9.18 Å². The number of rotatable bonds is 10. The molecule has 2 atom stereocenters. The fourth-order valence-corrected chi connectivity index (χ4v) is 4.73. The second-order valence-corrected chi connectivity index (χ2v) is 9.12. The van der Waals surface area contributed by atoms with Crippen LogP contribution in [0.4, 0.5) is 4.39 Å². The Balaban J connectivity index is 1.68. The zero-order valence-corrected chi connectivity index (χ0v) is 20.3. The molecule has 0 aliphatic carbocycles. The van der Waals surface area contributed by atoms with Crippen molar-refractivity contribution >= 4 is 11.9 Å². The lowest BCUT2D eigenvalue weighted by atomic mass is 9.89. The van der Waals surface area contributed by atoms with Gasteiger partial charge in [0.25, 0.3) is 0 Å². The molecule has 6 nitrogen and oxygen atoms in total. The van der Waals surface area contributed by atoms with Crippen molar-refractivity contribution in [3.05, 3.63) is 102 Å². The largest absolute Gasteiger partial charge is 0.482 e. The van der Waals surface area contributed by atoms with Crippen LogP contribution in [-0.2, 0) is 9.59 Å². The lowest BCUT2D eigenvalue weighted by molar-refractivity contribution is -0.139. The van der Waals surface area contributed by atoms with E-state index in [2.05, 4.69) is 0 Å². The van der Waals surface area contributed by atoms with Crippen LogP contribution in [0.1, 0.15) is 35.1 Å². The number of likely N-dealkylation sites (N-methyl/N-ethyl adjacent to an activating group) is 1. The molecule has 3 aromatic rings. The maximum Gasteiger partial charge on any atom is 0.341 e. The number of carboxylic acids is 1. The first-order valence-corrected chi connectivity index (χ1v) is 12.1. The highest BCUT2D eigenvalue weighted by Crippen LogP contribution is 2.32. The molecule has 0 bridgehead atoms. The number of hydrogen-bond donors (Lipinski definition) is 1. The normalized spacial score (nSPS) is 16.6. The predicted octanol–water partition coefficient (Wildman–Crippen LogP) is 4.53. The lowest BCUT2D eigenvalue weighted by Crippen LogP contribution is -2.41. The van der Waals surface area contributed by atoms with E-state index < -0.39 is 24.7 Å². The summed E-state index contributed by atoms with van der Waals surface area (Å²) in [5.74, 6) is -1.24. The average Bonchev–Trinajstić information content (AvgIpc) is 3.32. The number of benzene rings is 3.